The quantitative estimate of drug-likeness (QED) is 0.366. The summed E-state index contributed by atoms with van der Waals surface area (Å²) in [5, 5.41) is 2.61. The van der Waals surface area contributed by atoms with Crippen molar-refractivity contribution in [3.05, 3.63) is 52.8 Å². The molecule has 8 heteroatoms. The van der Waals surface area contributed by atoms with Crippen molar-refractivity contribution in [2.45, 2.75) is 63.7 Å². The molecule has 0 saturated carbocycles. The normalized spacial score (nSPS) is 22.2. The second-order valence-electron chi connectivity index (χ2n) is 10.8. The van der Waals surface area contributed by atoms with Crippen LogP contribution in [0, 0.1) is 5.92 Å². The number of methoxy groups -OCH3 is 1. The maximum absolute atomic E-state index is 12.9. The number of fused-ring (bicyclic) bond motifs is 3. The molecule has 1 fully saturated rings. The number of aldehydes is 1. The first-order valence-electron chi connectivity index (χ1n) is 11.8. The molecule has 1 saturated heterocycles. The van der Waals surface area contributed by atoms with E-state index in [2.05, 4.69) is 39.2 Å². The summed E-state index contributed by atoms with van der Waals surface area (Å²) in [4.78, 5) is 37.8. The number of benzene rings is 1. The average Bonchev–Trinajstić information content (AvgIpc) is 3.28. The summed E-state index contributed by atoms with van der Waals surface area (Å²) in [5.41, 5.74) is 3.10. The highest BCUT2D eigenvalue weighted by Crippen LogP contribution is 2.49. The van der Waals surface area contributed by atoms with Crippen molar-refractivity contribution in [2.24, 2.45) is 5.92 Å². The van der Waals surface area contributed by atoms with Gasteiger partial charge in [0, 0.05) is 18.2 Å². The number of imide groups is 1. The number of amides is 2. The minimum atomic E-state index is -1.95. The van der Waals surface area contributed by atoms with Crippen molar-refractivity contribution in [3.8, 4) is 5.75 Å². The fourth-order valence-corrected chi connectivity index (χ4v) is 6.09. The summed E-state index contributed by atoms with van der Waals surface area (Å²) in [6.07, 6.45) is 1.36. The highest BCUT2D eigenvalue weighted by atomic mass is 28.4. The Morgan fingerprint density at radius 1 is 1.15 bits per heavy atom. The highest BCUT2D eigenvalue weighted by molar-refractivity contribution is 6.74. The zero-order valence-corrected chi connectivity index (χ0v) is 21.8. The lowest BCUT2D eigenvalue weighted by Crippen LogP contribution is -2.41. The van der Waals surface area contributed by atoms with Gasteiger partial charge in [-0.2, -0.15) is 0 Å². The van der Waals surface area contributed by atoms with Crippen molar-refractivity contribution in [2.75, 3.05) is 13.7 Å². The maximum atomic E-state index is 12.9. The molecule has 2 amide bonds. The van der Waals surface area contributed by atoms with Gasteiger partial charge in [0.15, 0.2) is 14.6 Å². The first kappa shape index (κ1) is 24.4. The Morgan fingerprint density at radius 2 is 1.85 bits per heavy atom. The summed E-state index contributed by atoms with van der Waals surface area (Å²) >= 11 is 0. The molecular weight excluding hydrogens is 448 g/mol. The van der Waals surface area contributed by atoms with Crippen LogP contribution in [-0.2, 0) is 27.0 Å². The van der Waals surface area contributed by atoms with Crippen molar-refractivity contribution < 1.29 is 23.5 Å². The standard InChI is InChI=1S/C26H34N2O5Si/c1-26(2,3)34(5,6)33-12-11-28-16(15-29)13-19-20(28)14-18(17-9-7-8-10-21(17)32-4)22-23(19)25(31)27-24(22)30/h7-10,13,15,18,22-23H,11-12,14H2,1-6H3,(H,27,30,31). The molecule has 1 aromatic carbocycles. The molecule has 34 heavy (non-hydrogen) atoms. The van der Waals surface area contributed by atoms with E-state index >= 15 is 0 Å². The lowest BCUT2D eigenvalue weighted by Gasteiger charge is -2.36. The Labute approximate surface area is 202 Å². The Balaban J connectivity index is 1.74. The monoisotopic (exact) mass is 482 g/mol. The number of hydrogen-bond donors (Lipinski definition) is 1. The highest BCUT2D eigenvalue weighted by Gasteiger charge is 2.52. The van der Waals surface area contributed by atoms with Crippen LogP contribution in [0.15, 0.2) is 30.3 Å². The number of nitrogens with one attached hydrogen (secondary N) is 1. The Morgan fingerprint density at radius 3 is 2.50 bits per heavy atom. The lowest BCUT2D eigenvalue weighted by atomic mass is 9.69. The van der Waals surface area contributed by atoms with Gasteiger partial charge in [-0.15, -0.1) is 0 Å². The van der Waals surface area contributed by atoms with Gasteiger partial charge in [0.1, 0.15) is 5.75 Å². The van der Waals surface area contributed by atoms with Crippen LogP contribution in [0.3, 0.4) is 0 Å². The molecule has 2 heterocycles. The Bertz CT molecular complexity index is 1130. The van der Waals surface area contributed by atoms with E-state index in [0.29, 0.717) is 31.0 Å². The van der Waals surface area contributed by atoms with Crippen LogP contribution in [-0.4, -0.2) is 44.7 Å². The van der Waals surface area contributed by atoms with Gasteiger partial charge in [-0.25, -0.2) is 0 Å². The second kappa shape index (κ2) is 8.81. The number of aromatic nitrogens is 1. The van der Waals surface area contributed by atoms with E-state index in [1.165, 1.54) is 0 Å². The van der Waals surface area contributed by atoms with Gasteiger partial charge in [0.05, 0.1) is 31.2 Å². The topological polar surface area (TPSA) is 86.6 Å². The van der Waals surface area contributed by atoms with E-state index in [4.69, 9.17) is 9.16 Å². The third kappa shape index (κ3) is 4.03. The fraction of sp³-hybridized carbons (Fsp3) is 0.500. The predicted octanol–water partition coefficient (Wildman–Crippen LogP) is 4.03. The molecular formula is C26H34N2O5Si. The minimum absolute atomic E-state index is 0.0844. The van der Waals surface area contributed by atoms with Gasteiger partial charge in [-0.1, -0.05) is 39.0 Å². The van der Waals surface area contributed by atoms with Gasteiger partial charge in [-0.05, 0) is 47.8 Å². The van der Waals surface area contributed by atoms with Gasteiger partial charge in [0.2, 0.25) is 11.8 Å². The molecule has 0 spiro atoms. The Kier molecular flexibility index (Phi) is 6.33. The third-order valence-electron chi connectivity index (χ3n) is 7.89. The van der Waals surface area contributed by atoms with Crippen LogP contribution < -0.4 is 10.1 Å². The summed E-state index contributed by atoms with van der Waals surface area (Å²) in [7, 11) is -0.341. The maximum Gasteiger partial charge on any atom is 0.235 e. The third-order valence-corrected chi connectivity index (χ3v) is 12.4. The largest absolute Gasteiger partial charge is 0.496 e. The van der Waals surface area contributed by atoms with Crippen LogP contribution in [0.5, 0.6) is 5.75 Å². The SMILES string of the molecule is COc1ccccc1C1Cc2c(cc(C=O)n2CCO[Si](C)(C)C(C)(C)C)C2C(=O)NC(=O)C12. The van der Waals surface area contributed by atoms with Crippen molar-refractivity contribution >= 4 is 26.4 Å². The average molecular weight is 483 g/mol. The summed E-state index contributed by atoms with van der Waals surface area (Å²) in [6.45, 7) is 12.0. The number of hydrogen-bond acceptors (Lipinski definition) is 5. The van der Waals surface area contributed by atoms with Crippen LogP contribution in [0.4, 0.5) is 0 Å². The van der Waals surface area contributed by atoms with E-state index in [0.717, 1.165) is 23.1 Å². The number of ether oxygens (including phenoxy) is 1. The molecule has 0 bridgehead atoms. The van der Waals surface area contributed by atoms with Gasteiger partial charge in [-0.3, -0.25) is 19.7 Å². The van der Waals surface area contributed by atoms with E-state index in [-0.39, 0.29) is 22.8 Å². The number of carbonyl (C=O) groups is 3. The van der Waals surface area contributed by atoms with E-state index < -0.39 is 20.2 Å². The molecule has 4 rings (SSSR count). The van der Waals surface area contributed by atoms with Crippen LogP contribution in [0.25, 0.3) is 0 Å². The minimum Gasteiger partial charge on any atom is -0.496 e. The summed E-state index contributed by atoms with van der Waals surface area (Å²) in [6, 6.07) is 9.41. The van der Waals surface area contributed by atoms with Gasteiger partial charge in [0.25, 0.3) is 0 Å². The zero-order valence-electron chi connectivity index (χ0n) is 20.8. The molecule has 2 aromatic rings. The van der Waals surface area contributed by atoms with E-state index in [1.54, 1.807) is 13.2 Å². The first-order valence-corrected chi connectivity index (χ1v) is 14.7. The van der Waals surface area contributed by atoms with E-state index in [1.807, 2.05) is 28.8 Å². The molecule has 1 aromatic heterocycles. The van der Waals surface area contributed by atoms with Crippen LogP contribution >= 0.6 is 0 Å². The molecule has 0 radical (unpaired) electrons. The molecule has 1 N–H and O–H groups in total. The number of para-hydroxylation sites is 1. The van der Waals surface area contributed by atoms with E-state index in [9.17, 15) is 14.4 Å². The molecule has 7 nitrogen and oxygen atoms in total. The van der Waals surface area contributed by atoms with Gasteiger partial charge >= 0.3 is 0 Å². The van der Waals surface area contributed by atoms with Crippen molar-refractivity contribution in [3.63, 3.8) is 0 Å². The molecule has 182 valence electrons. The molecule has 3 atom stereocenters. The number of nitrogens with zero attached hydrogens (tertiary/aromatic N) is 1. The first-order chi connectivity index (χ1) is 16.0. The fourth-order valence-electron chi connectivity index (χ4n) is 5.06. The number of carbonyl (C=O) groups excluding carboxylic acids is 3. The summed E-state index contributed by atoms with van der Waals surface area (Å²) < 4.78 is 13.9. The van der Waals surface area contributed by atoms with Gasteiger partial charge < -0.3 is 13.7 Å². The molecule has 1 aliphatic carbocycles. The molecule has 3 unspecified atom stereocenters. The molecule has 2 aliphatic rings. The van der Waals surface area contributed by atoms with Crippen molar-refractivity contribution in [1.82, 2.24) is 9.88 Å². The smallest absolute Gasteiger partial charge is 0.235 e. The summed E-state index contributed by atoms with van der Waals surface area (Å²) in [5.74, 6) is -1.27. The van der Waals surface area contributed by atoms with Crippen molar-refractivity contribution in [1.29, 1.82) is 0 Å². The predicted molar refractivity (Wildman–Crippen MR) is 132 cm³/mol. The second-order valence-corrected chi connectivity index (χ2v) is 15.6. The van der Waals surface area contributed by atoms with Crippen LogP contribution in [0.1, 0.15) is 59.9 Å². The van der Waals surface area contributed by atoms with Crippen LogP contribution in [0.2, 0.25) is 18.1 Å². The number of rotatable bonds is 7. The molecule has 1 aliphatic heterocycles. The zero-order chi connectivity index (χ0) is 24.8. The Hall–Kier alpha value is -2.71. The lowest BCUT2D eigenvalue weighted by molar-refractivity contribution is -0.126.